The number of carbonyl (C=O) groups excluding carboxylic acids is 1. The lowest BCUT2D eigenvalue weighted by Gasteiger charge is -2.22. The first-order valence-electron chi connectivity index (χ1n) is 5.00. The predicted octanol–water partition coefficient (Wildman–Crippen LogP) is 1.21. The summed E-state index contributed by atoms with van der Waals surface area (Å²) in [6.07, 6.45) is 0. The average Bonchev–Trinajstić information content (AvgIpc) is 2.72. The molecule has 0 aromatic carbocycles. The van der Waals surface area contributed by atoms with Crippen molar-refractivity contribution in [2.24, 2.45) is 0 Å². The second-order valence-corrected chi connectivity index (χ2v) is 3.95. The summed E-state index contributed by atoms with van der Waals surface area (Å²) in [5.74, 6) is 0.0928. The third-order valence-electron chi connectivity index (χ3n) is 2.15. The maximum atomic E-state index is 11.9. The largest absolute Gasteiger partial charge is 0.349 e. The van der Waals surface area contributed by atoms with Crippen LogP contribution in [0.2, 0.25) is 0 Å². The molecule has 0 spiro atoms. The molecule has 0 aliphatic heterocycles. The van der Waals surface area contributed by atoms with Gasteiger partial charge in [0.25, 0.3) is 0 Å². The molecule has 1 aromatic rings. The quantitative estimate of drug-likeness (QED) is 0.823. The summed E-state index contributed by atoms with van der Waals surface area (Å²) in [7, 11) is 0. The summed E-state index contributed by atoms with van der Waals surface area (Å²) >= 11 is 1.39. The number of anilines is 1. The summed E-state index contributed by atoms with van der Waals surface area (Å²) in [5.41, 5.74) is 1.64. The van der Waals surface area contributed by atoms with E-state index in [1.54, 1.807) is 10.4 Å². The van der Waals surface area contributed by atoms with Gasteiger partial charge in [-0.1, -0.05) is 11.3 Å². The van der Waals surface area contributed by atoms with Crippen LogP contribution in [0.4, 0.5) is 5.13 Å². The number of amides is 1. The molecule has 15 heavy (non-hydrogen) atoms. The van der Waals surface area contributed by atoms with Gasteiger partial charge in [-0.05, 0) is 20.8 Å². The standard InChI is InChI=1S/C9H16N4OS/c1-4-13(5-2)8(14)7(3)11-9-12-10-6-15-9/h6-7H,4-5H2,1-3H3,(H,11,12). The molecule has 1 rings (SSSR count). The third kappa shape index (κ3) is 3.16. The minimum atomic E-state index is -0.252. The van der Waals surface area contributed by atoms with Crippen molar-refractivity contribution in [2.75, 3.05) is 18.4 Å². The van der Waals surface area contributed by atoms with Gasteiger partial charge >= 0.3 is 0 Å². The summed E-state index contributed by atoms with van der Waals surface area (Å²) in [4.78, 5) is 13.6. The molecule has 0 saturated heterocycles. The van der Waals surface area contributed by atoms with Crippen molar-refractivity contribution in [3.63, 3.8) is 0 Å². The SMILES string of the molecule is CCN(CC)C(=O)C(C)Nc1nncs1. The lowest BCUT2D eigenvalue weighted by Crippen LogP contribution is -2.41. The molecule has 0 aliphatic rings. The zero-order valence-corrected chi connectivity index (χ0v) is 10.0. The molecule has 0 bridgehead atoms. The van der Waals surface area contributed by atoms with Crippen LogP contribution in [0.5, 0.6) is 0 Å². The molecule has 0 saturated carbocycles. The number of carbonyl (C=O) groups is 1. The van der Waals surface area contributed by atoms with Crippen molar-refractivity contribution >= 4 is 22.4 Å². The van der Waals surface area contributed by atoms with Crippen LogP contribution in [0.25, 0.3) is 0 Å². The van der Waals surface area contributed by atoms with Crippen LogP contribution in [0, 0.1) is 0 Å². The zero-order valence-electron chi connectivity index (χ0n) is 9.23. The highest BCUT2D eigenvalue weighted by Gasteiger charge is 2.18. The van der Waals surface area contributed by atoms with Crippen LogP contribution in [0.1, 0.15) is 20.8 Å². The van der Waals surface area contributed by atoms with Gasteiger partial charge in [0.05, 0.1) is 0 Å². The first kappa shape index (κ1) is 11.9. The third-order valence-corrected chi connectivity index (χ3v) is 2.77. The molecule has 5 nitrogen and oxygen atoms in total. The van der Waals surface area contributed by atoms with E-state index in [0.29, 0.717) is 5.13 Å². The Morgan fingerprint density at radius 1 is 1.60 bits per heavy atom. The molecule has 1 atom stereocenters. The molecule has 0 fully saturated rings. The Morgan fingerprint density at radius 2 is 2.27 bits per heavy atom. The average molecular weight is 228 g/mol. The highest BCUT2D eigenvalue weighted by atomic mass is 32.1. The van der Waals surface area contributed by atoms with Gasteiger partial charge in [-0.15, -0.1) is 10.2 Å². The van der Waals surface area contributed by atoms with Crippen molar-refractivity contribution in [2.45, 2.75) is 26.8 Å². The summed E-state index contributed by atoms with van der Waals surface area (Å²) in [6, 6.07) is -0.252. The van der Waals surface area contributed by atoms with Gasteiger partial charge in [-0.2, -0.15) is 0 Å². The summed E-state index contributed by atoms with van der Waals surface area (Å²) in [5, 5.41) is 11.2. The Morgan fingerprint density at radius 3 is 2.73 bits per heavy atom. The number of rotatable bonds is 5. The first-order valence-corrected chi connectivity index (χ1v) is 5.88. The fourth-order valence-corrected chi connectivity index (χ4v) is 1.83. The van der Waals surface area contributed by atoms with Crippen LogP contribution in [-0.4, -0.2) is 40.1 Å². The lowest BCUT2D eigenvalue weighted by atomic mass is 10.3. The van der Waals surface area contributed by atoms with Crippen LogP contribution in [0.3, 0.4) is 0 Å². The van der Waals surface area contributed by atoms with E-state index in [4.69, 9.17) is 0 Å². The number of aromatic nitrogens is 2. The van der Waals surface area contributed by atoms with Crippen molar-refractivity contribution < 1.29 is 4.79 Å². The number of hydrogen-bond donors (Lipinski definition) is 1. The Balaban J connectivity index is 2.53. The molecule has 6 heteroatoms. The number of likely N-dealkylation sites (N-methyl/N-ethyl adjacent to an activating group) is 1. The van der Waals surface area contributed by atoms with Gasteiger partial charge in [-0.25, -0.2) is 0 Å². The maximum absolute atomic E-state index is 11.9. The van der Waals surface area contributed by atoms with Crippen LogP contribution in [-0.2, 0) is 4.79 Å². The highest BCUT2D eigenvalue weighted by molar-refractivity contribution is 7.13. The monoisotopic (exact) mass is 228 g/mol. The van der Waals surface area contributed by atoms with Gasteiger partial charge in [0.2, 0.25) is 11.0 Å². The molecule has 1 aromatic heterocycles. The maximum Gasteiger partial charge on any atom is 0.244 e. The van der Waals surface area contributed by atoms with E-state index in [2.05, 4.69) is 15.5 Å². The normalized spacial score (nSPS) is 12.2. The highest BCUT2D eigenvalue weighted by Crippen LogP contribution is 2.10. The Hall–Kier alpha value is -1.17. The van der Waals surface area contributed by atoms with Crippen LogP contribution < -0.4 is 5.32 Å². The Bertz CT molecular complexity index is 297. The molecule has 0 aliphatic carbocycles. The second kappa shape index (κ2) is 5.65. The zero-order chi connectivity index (χ0) is 11.3. The van der Waals surface area contributed by atoms with Gasteiger partial charge in [0.1, 0.15) is 11.6 Å². The van der Waals surface area contributed by atoms with Crippen LogP contribution in [0.15, 0.2) is 5.51 Å². The fourth-order valence-electron chi connectivity index (χ4n) is 1.29. The van der Waals surface area contributed by atoms with E-state index in [9.17, 15) is 4.79 Å². The number of nitrogens with one attached hydrogen (secondary N) is 1. The van der Waals surface area contributed by atoms with E-state index < -0.39 is 0 Å². The first-order chi connectivity index (χ1) is 7.19. The minimum Gasteiger partial charge on any atom is -0.349 e. The second-order valence-electron chi connectivity index (χ2n) is 3.12. The molecule has 1 unspecified atom stereocenters. The van der Waals surface area contributed by atoms with E-state index >= 15 is 0 Å². The van der Waals surface area contributed by atoms with Crippen LogP contribution >= 0.6 is 11.3 Å². The topological polar surface area (TPSA) is 58.1 Å². The van der Waals surface area contributed by atoms with E-state index in [1.807, 2.05) is 20.8 Å². The molecule has 1 N–H and O–H groups in total. The molecular formula is C9H16N4OS. The molecule has 84 valence electrons. The van der Waals surface area contributed by atoms with Crippen molar-refractivity contribution in [1.29, 1.82) is 0 Å². The fraction of sp³-hybridized carbons (Fsp3) is 0.667. The Kier molecular flexibility index (Phi) is 4.48. The molecular weight excluding hydrogens is 212 g/mol. The van der Waals surface area contributed by atoms with E-state index in [0.717, 1.165) is 13.1 Å². The summed E-state index contributed by atoms with van der Waals surface area (Å²) in [6.45, 7) is 7.25. The van der Waals surface area contributed by atoms with Gasteiger partial charge < -0.3 is 10.2 Å². The predicted molar refractivity (Wildman–Crippen MR) is 60.9 cm³/mol. The molecule has 1 heterocycles. The lowest BCUT2D eigenvalue weighted by molar-refractivity contribution is -0.131. The smallest absolute Gasteiger partial charge is 0.244 e. The van der Waals surface area contributed by atoms with Gasteiger partial charge in [0.15, 0.2) is 0 Å². The Labute approximate surface area is 93.5 Å². The van der Waals surface area contributed by atoms with Crippen molar-refractivity contribution in [3.8, 4) is 0 Å². The number of nitrogens with zero attached hydrogens (tertiary/aromatic N) is 3. The van der Waals surface area contributed by atoms with Crippen molar-refractivity contribution in [1.82, 2.24) is 15.1 Å². The van der Waals surface area contributed by atoms with E-state index in [-0.39, 0.29) is 11.9 Å². The minimum absolute atomic E-state index is 0.0928. The summed E-state index contributed by atoms with van der Waals surface area (Å²) < 4.78 is 0. The number of hydrogen-bond acceptors (Lipinski definition) is 5. The van der Waals surface area contributed by atoms with Gasteiger partial charge in [-0.3, -0.25) is 4.79 Å². The molecule has 0 radical (unpaired) electrons. The van der Waals surface area contributed by atoms with Crippen molar-refractivity contribution in [3.05, 3.63) is 5.51 Å². The molecule has 1 amide bonds. The van der Waals surface area contributed by atoms with Gasteiger partial charge in [0, 0.05) is 13.1 Å². The van der Waals surface area contributed by atoms with E-state index in [1.165, 1.54) is 11.3 Å².